The average Bonchev–Trinajstić information content (AvgIpc) is 3.38. The molecule has 1 aromatic carbocycles. The van der Waals surface area contributed by atoms with E-state index in [1.54, 1.807) is 18.4 Å². The standard InChI is InChI=1S/C21H25N3O2S/c1-3-23-11-9-21(10-12-23)24-17(14-16(22-24)19-8-5-13-27-19)15-6-4-7-18(25-2)20(15)26-21/h4-8,13-14,17,22H,3,9-12H2,1-2H3/t17-/m1/s1. The molecule has 2 aromatic rings. The fraction of sp³-hybridized carbons (Fsp3) is 0.429. The highest BCUT2D eigenvalue weighted by Crippen LogP contribution is 2.51. The Morgan fingerprint density at radius 3 is 2.81 bits per heavy atom. The van der Waals surface area contributed by atoms with Crippen LogP contribution in [0.5, 0.6) is 11.5 Å². The number of nitrogens with one attached hydrogen (secondary N) is 1. The molecule has 1 fully saturated rings. The SMILES string of the molecule is CCN1CCC2(CC1)Oc1c(OC)cccc1[C@H]1C=C(c3cccs3)NN12. The van der Waals surface area contributed by atoms with Gasteiger partial charge in [0.1, 0.15) is 0 Å². The normalized spacial score (nSPS) is 23.9. The highest BCUT2D eigenvalue weighted by Gasteiger charge is 2.52. The lowest BCUT2D eigenvalue weighted by Gasteiger charge is -2.51. The number of hydrogen-bond acceptors (Lipinski definition) is 6. The van der Waals surface area contributed by atoms with Gasteiger partial charge in [0.2, 0.25) is 0 Å². The van der Waals surface area contributed by atoms with Crippen LogP contribution in [-0.4, -0.2) is 42.4 Å². The van der Waals surface area contributed by atoms with Crippen LogP contribution in [0.25, 0.3) is 5.70 Å². The number of thiophene rings is 1. The van der Waals surface area contributed by atoms with Gasteiger partial charge in [-0.15, -0.1) is 11.3 Å². The summed E-state index contributed by atoms with van der Waals surface area (Å²) in [7, 11) is 1.72. The van der Waals surface area contributed by atoms with E-state index in [-0.39, 0.29) is 11.8 Å². The molecule has 1 N–H and O–H groups in total. The number of ether oxygens (including phenoxy) is 2. The molecule has 0 unspecified atom stereocenters. The summed E-state index contributed by atoms with van der Waals surface area (Å²) in [6.45, 7) is 5.40. The van der Waals surface area contributed by atoms with Crippen LogP contribution in [0.2, 0.25) is 0 Å². The van der Waals surface area contributed by atoms with Gasteiger partial charge >= 0.3 is 0 Å². The van der Waals surface area contributed by atoms with Crippen LogP contribution in [0.3, 0.4) is 0 Å². The molecular formula is C21H25N3O2S. The van der Waals surface area contributed by atoms with E-state index in [1.165, 1.54) is 10.6 Å². The molecule has 1 aromatic heterocycles. The number of methoxy groups -OCH3 is 1. The fourth-order valence-corrected chi connectivity index (χ4v) is 5.16. The first-order chi connectivity index (χ1) is 13.2. The van der Waals surface area contributed by atoms with Crippen molar-refractivity contribution in [3.05, 3.63) is 52.2 Å². The molecular weight excluding hydrogens is 358 g/mol. The average molecular weight is 384 g/mol. The van der Waals surface area contributed by atoms with Crippen LogP contribution >= 0.6 is 11.3 Å². The van der Waals surface area contributed by atoms with E-state index < -0.39 is 0 Å². The van der Waals surface area contributed by atoms with E-state index in [2.05, 4.69) is 51.9 Å². The number of likely N-dealkylation sites (tertiary alicyclic amines) is 1. The molecule has 1 spiro atoms. The van der Waals surface area contributed by atoms with Crippen molar-refractivity contribution < 1.29 is 9.47 Å². The Balaban J connectivity index is 1.58. The van der Waals surface area contributed by atoms with Gasteiger partial charge in [-0.3, -0.25) is 0 Å². The summed E-state index contributed by atoms with van der Waals surface area (Å²) in [5.41, 5.74) is 5.67. The van der Waals surface area contributed by atoms with Gasteiger partial charge in [-0.05, 0) is 30.1 Å². The second-order valence-electron chi connectivity index (χ2n) is 7.35. The first kappa shape index (κ1) is 17.1. The molecule has 3 aliphatic heterocycles. The zero-order valence-electron chi connectivity index (χ0n) is 15.8. The van der Waals surface area contributed by atoms with Crippen molar-refractivity contribution in [1.82, 2.24) is 15.3 Å². The van der Waals surface area contributed by atoms with Crippen LogP contribution in [0, 0.1) is 0 Å². The summed E-state index contributed by atoms with van der Waals surface area (Å²) in [5.74, 6) is 1.72. The molecule has 0 bridgehead atoms. The van der Waals surface area contributed by atoms with Crippen molar-refractivity contribution in [2.75, 3.05) is 26.7 Å². The summed E-state index contributed by atoms with van der Waals surface area (Å²) < 4.78 is 12.4. The molecule has 1 saturated heterocycles. The second kappa shape index (κ2) is 6.55. The maximum atomic E-state index is 6.74. The largest absolute Gasteiger partial charge is 0.493 e. The minimum absolute atomic E-state index is 0.147. The molecule has 0 radical (unpaired) electrons. The Kier molecular flexibility index (Phi) is 4.15. The third-order valence-corrected chi connectivity index (χ3v) is 6.90. The van der Waals surface area contributed by atoms with E-state index in [0.717, 1.165) is 49.5 Å². The molecule has 5 nitrogen and oxygen atoms in total. The smallest absolute Gasteiger partial charge is 0.183 e. The van der Waals surface area contributed by atoms with E-state index in [1.807, 2.05) is 12.1 Å². The van der Waals surface area contributed by atoms with Crippen LogP contribution in [0.1, 0.15) is 36.2 Å². The highest BCUT2D eigenvalue weighted by molar-refractivity contribution is 7.11. The quantitative estimate of drug-likeness (QED) is 0.871. The molecule has 5 rings (SSSR count). The van der Waals surface area contributed by atoms with E-state index in [0.29, 0.717) is 0 Å². The minimum Gasteiger partial charge on any atom is -0.493 e. The van der Waals surface area contributed by atoms with Gasteiger partial charge in [0.15, 0.2) is 17.2 Å². The number of piperidine rings is 1. The topological polar surface area (TPSA) is 37.0 Å². The van der Waals surface area contributed by atoms with Crippen molar-refractivity contribution >= 4 is 17.0 Å². The van der Waals surface area contributed by atoms with E-state index in [9.17, 15) is 0 Å². The van der Waals surface area contributed by atoms with Gasteiger partial charge in [0.25, 0.3) is 0 Å². The summed E-state index contributed by atoms with van der Waals surface area (Å²) in [6, 6.07) is 10.6. The number of para-hydroxylation sites is 1. The molecule has 0 amide bonds. The minimum atomic E-state index is -0.354. The highest BCUT2D eigenvalue weighted by atomic mass is 32.1. The number of rotatable bonds is 3. The lowest BCUT2D eigenvalue weighted by molar-refractivity contribution is -0.160. The summed E-state index contributed by atoms with van der Waals surface area (Å²) in [5, 5.41) is 4.47. The molecule has 6 heteroatoms. The number of nitrogens with zero attached hydrogens (tertiary/aromatic N) is 2. The number of benzene rings is 1. The Bertz CT molecular complexity index is 856. The maximum Gasteiger partial charge on any atom is 0.183 e. The predicted octanol–water partition coefficient (Wildman–Crippen LogP) is 3.86. The molecule has 3 aliphatic rings. The summed E-state index contributed by atoms with van der Waals surface area (Å²) >= 11 is 1.76. The molecule has 1 atom stereocenters. The Morgan fingerprint density at radius 2 is 2.11 bits per heavy atom. The van der Waals surface area contributed by atoms with Crippen LogP contribution in [0.4, 0.5) is 0 Å². The number of hydrazine groups is 1. The zero-order valence-corrected chi connectivity index (χ0v) is 16.6. The third kappa shape index (κ3) is 2.66. The van der Waals surface area contributed by atoms with Gasteiger partial charge in [-0.2, -0.15) is 5.01 Å². The molecule has 4 heterocycles. The van der Waals surface area contributed by atoms with Gasteiger partial charge in [0, 0.05) is 31.5 Å². The molecule has 0 saturated carbocycles. The van der Waals surface area contributed by atoms with Gasteiger partial charge in [-0.25, -0.2) is 0 Å². The number of fused-ring (bicyclic) bond motifs is 4. The molecule has 0 aliphatic carbocycles. The number of hydrogen-bond donors (Lipinski definition) is 1. The maximum absolute atomic E-state index is 6.74. The first-order valence-electron chi connectivity index (χ1n) is 9.64. The predicted molar refractivity (Wildman–Crippen MR) is 108 cm³/mol. The lowest BCUT2D eigenvalue weighted by atomic mass is 9.92. The third-order valence-electron chi connectivity index (χ3n) is 5.99. The van der Waals surface area contributed by atoms with Gasteiger partial charge in [0.05, 0.1) is 23.7 Å². The van der Waals surface area contributed by atoms with Crippen molar-refractivity contribution in [3.8, 4) is 11.5 Å². The molecule has 142 valence electrons. The van der Waals surface area contributed by atoms with Crippen molar-refractivity contribution in [3.63, 3.8) is 0 Å². The summed E-state index contributed by atoms with van der Waals surface area (Å²) in [4.78, 5) is 3.75. The summed E-state index contributed by atoms with van der Waals surface area (Å²) in [6.07, 6.45) is 4.27. The van der Waals surface area contributed by atoms with Gasteiger partial charge in [-0.1, -0.05) is 25.1 Å². The Hall–Kier alpha value is -2.02. The van der Waals surface area contributed by atoms with Crippen molar-refractivity contribution in [2.45, 2.75) is 31.5 Å². The van der Waals surface area contributed by atoms with Crippen molar-refractivity contribution in [2.24, 2.45) is 0 Å². The van der Waals surface area contributed by atoms with E-state index >= 15 is 0 Å². The van der Waals surface area contributed by atoms with Gasteiger partial charge < -0.3 is 19.8 Å². The van der Waals surface area contributed by atoms with Crippen LogP contribution in [0.15, 0.2) is 41.8 Å². The lowest BCUT2D eigenvalue weighted by Crippen LogP contribution is -2.63. The van der Waals surface area contributed by atoms with Crippen molar-refractivity contribution in [1.29, 1.82) is 0 Å². The van der Waals surface area contributed by atoms with Crippen LogP contribution < -0.4 is 14.9 Å². The first-order valence-corrected chi connectivity index (χ1v) is 10.5. The zero-order chi connectivity index (χ0) is 18.4. The second-order valence-corrected chi connectivity index (χ2v) is 8.29. The molecule has 27 heavy (non-hydrogen) atoms. The fourth-order valence-electron chi connectivity index (χ4n) is 4.46. The Morgan fingerprint density at radius 1 is 1.26 bits per heavy atom. The van der Waals surface area contributed by atoms with Crippen LogP contribution in [-0.2, 0) is 0 Å². The van der Waals surface area contributed by atoms with E-state index in [4.69, 9.17) is 9.47 Å². The monoisotopic (exact) mass is 383 g/mol. The Labute approximate surface area is 164 Å².